The van der Waals surface area contributed by atoms with Crippen molar-refractivity contribution in [3.63, 3.8) is 0 Å². The Morgan fingerprint density at radius 2 is 0.966 bits per heavy atom. The maximum absolute atomic E-state index is 5.33. The molecule has 58 heavy (non-hydrogen) atoms. The lowest BCUT2D eigenvalue weighted by Crippen LogP contribution is -1.95. The van der Waals surface area contributed by atoms with E-state index in [2.05, 4.69) is 209 Å². The normalized spacial score (nSPS) is 12.1. The number of hydrogen-bond donors (Lipinski definition) is 0. The quantitative estimate of drug-likeness (QED) is 0.176. The second-order valence-corrected chi connectivity index (χ2v) is 15.5. The van der Waals surface area contributed by atoms with Gasteiger partial charge in [0.1, 0.15) is 0 Å². The molecule has 0 radical (unpaired) electrons. The maximum atomic E-state index is 5.33. The van der Waals surface area contributed by atoms with Gasteiger partial charge in [-0.25, -0.2) is 4.98 Å². The fourth-order valence-electron chi connectivity index (χ4n) is 9.87. The zero-order valence-corrected chi connectivity index (χ0v) is 31.4. The van der Waals surface area contributed by atoms with Crippen LogP contribution in [0.25, 0.3) is 121 Å². The van der Waals surface area contributed by atoms with Crippen LogP contribution >= 0.6 is 0 Å². The average Bonchev–Trinajstić information content (AvgIpc) is 3.93. The van der Waals surface area contributed by atoms with Crippen molar-refractivity contribution in [1.82, 2.24) is 14.1 Å². The van der Waals surface area contributed by atoms with Gasteiger partial charge in [-0.05, 0) is 105 Å². The van der Waals surface area contributed by atoms with E-state index in [0.717, 1.165) is 22.6 Å². The highest BCUT2D eigenvalue weighted by molar-refractivity contribution is 6.22. The number of fused-ring (bicyclic) bond motifs is 11. The zero-order valence-electron chi connectivity index (χ0n) is 31.4. The van der Waals surface area contributed by atoms with Gasteiger partial charge in [0.15, 0.2) is 0 Å². The Morgan fingerprint density at radius 3 is 1.86 bits per heavy atom. The van der Waals surface area contributed by atoms with Gasteiger partial charge in [-0.3, -0.25) is 0 Å². The van der Waals surface area contributed by atoms with E-state index >= 15 is 0 Å². The first-order chi connectivity index (χ1) is 28.8. The van der Waals surface area contributed by atoms with Crippen molar-refractivity contribution in [3.8, 4) is 56.1 Å². The lowest BCUT2D eigenvalue weighted by molar-refractivity contribution is 1.18. The van der Waals surface area contributed by atoms with Crippen molar-refractivity contribution in [2.45, 2.75) is 0 Å². The monoisotopic (exact) mass is 735 g/mol. The summed E-state index contributed by atoms with van der Waals surface area (Å²) in [6.07, 6.45) is 0. The average molecular weight is 736 g/mol. The molecule has 0 aliphatic heterocycles. The molecule has 1 aliphatic rings. The minimum Gasteiger partial charge on any atom is -0.309 e. The molecule has 3 heterocycles. The largest absolute Gasteiger partial charge is 0.309 e. The van der Waals surface area contributed by atoms with Gasteiger partial charge in [0.05, 0.1) is 33.5 Å². The summed E-state index contributed by atoms with van der Waals surface area (Å²) in [6, 6.07) is 73.1. The Balaban J connectivity index is 0.940. The van der Waals surface area contributed by atoms with Gasteiger partial charge in [0.2, 0.25) is 0 Å². The minimum atomic E-state index is 0.986. The van der Waals surface area contributed by atoms with Crippen LogP contribution in [0.5, 0.6) is 0 Å². The Kier molecular flexibility index (Phi) is 6.44. The van der Waals surface area contributed by atoms with Crippen LogP contribution in [-0.4, -0.2) is 14.1 Å². The van der Waals surface area contributed by atoms with E-state index in [1.165, 1.54) is 98.7 Å². The summed E-state index contributed by atoms with van der Waals surface area (Å²) >= 11 is 0. The highest BCUT2D eigenvalue weighted by atomic mass is 15.0. The topological polar surface area (TPSA) is 22.8 Å². The number of benzene rings is 9. The molecule has 0 fully saturated rings. The second kappa shape index (κ2) is 11.9. The van der Waals surface area contributed by atoms with Gasteiger partial charge < -0.3 is 9.13 Å². The van der Waals surface area contributed by atoms with Gasteiger partial charge in [0.25, 0.3) is 0 Å². The Hall–Kier alpha value is -7.75. The summed E-state index contributed by atoms with van der Waals surface area (Å²) in [7, 11) is 0. The molecule has 9 aromatic carbocycles. The predicted octanol–water partition coefficient (Wildman–Crippen LogP) is 14.6. The van der Waals surface area contributed by atoms with E-state index in [1.807, 2.05) is 0 Å². The van der Waals surface area contributed by atoms with Crippen LogP contribution in [0.2, 0.25) is 0 Å². The fourth-order valence-corrected chi connectivity index (χ4v) is 9.87. The van der Waals surface area contributed by atoms with Crippen LogP contribution < -0.4 is 0 Å². The molecule has 0 N–H and O–H groups in total. The van der Waals surface area contributed by atoms with Crippen LogP contribution in [0, 0.1) is 0 Å². The summed E-state index contributed by atoms with van der Waals surface area (Å²) in [5.41, 5.74) is 16.4. The molecule has 0 saturated carbocycles. The molecule has 1 aliphatic carbocycles. The molecule has 12 aromatic rings. The van der Waals surface area contributed by atoms with Crippen LogP contribution in [0.15, 0.2) is 200 Å². The zero-order chi connectivity index (χ0) is 37.9. The highest BCUT2D eigenvalue weighted by Gasteiger charge is 2.23. The van der Waals surface area contributed by atoms with Gasteiger partial charge in [-0.2, -0.15) is 0 Å². The minimum absolute atomic E-state index is 0.986. The predicted molar refractivity (Wildman–Crippen MR) is 243 cm³/mol. The van der Waals surface area contributed by atoms with E-state index < -0.39 is 0 Å². The SMILES string of the molecule is c1ccc(-n2c3ccccc3c3c4ccc(-c5ccc6c(c5)c5ccccc5n6-c5cccc(-c6cc7cccc8c7c(n6)-c6ccccc6-8)c5)cc4ccc32)cc1. The van der Waals surface area contributed by atoms with Gasteiger partial charge in [-0.15, -0.1) is 0 Å². The van der Waals surface area contributed by atoms with Gasteiger partial charge in [0, 0.05) is 49.4 Å². The molecule has 0 spiro atoms. The van der Waals surface area contributed by atoms with Crippen LogP contribution in [-0.2, 0) is 0 Å². The lowest BCUT2D eigenvalue weighted by atomic mass is 9.97. The Labute approximate surface area is 334 Å². The van der Waals surface area contributed by atoms with Crippen molar-refractivity contribution in [2.75, 3.05) is 0 Å². The lowest BCUT2D eigenvalue weighted by Gasteiger charge is -2.12. The molecule has 268 valence electrons. The van der Waals surface area contributed by atoms with Crippen LogP contribution in [0.3, 0.4) is 0 Å². The summed E-state index contributed by atoms with van der Waals surface area (Å²) in [6.45, 7) is 0. The number of aromatic nitrogens is 3. The molecule has 3 nitrogen and oxygen atoms in total. The molecule has 0 amide bonds. The molecule has 0 saturated heterocycles. The number of pyridine rings is 1. The van der Waals surface area contributed by atoms with E-state index in [9.17, 15) is 0 Å². The van der Waals surface area contributed by atoms with Crippen molar-refractivity contribution < 1.29 is 0 Å². The van der Waals surface area contributed by atoms with Crippen LogP contribution in [0.1, 0.15) is 0 Å². The number of rotatable bonds is 4. The van der Waals surface area contributed by atoms with Crippen molar-refractivity contribution in [2.24, 2.45) is 0 Å². The molecule has 0 bridgehead atoms. The third-order valence-corrected chi connectivity index (χ3v) is 12.4. The van der Waals surface area contributed by atoms with Crippen LogP contribution in [0.4, 0.5) is 0 Å². The smallest absolute Gasteiger partial charge is 0.0800 e. The van der Waals surface area contributed by atoms with Gasteiger partial charge >= 0.3 is 0 Å². The summed E-state index contributed by atoms with van der Waals surface area (Å²) in [4.78, 5) is 5.33. The van der Waals surface area contributed by atoms with Crippen molar-refractivity contribution in [3.05, 3.63) is 200 Å². The first-order valence-electron chi connectivity index (χ1n) is 20.0. The second-order valence-electron chi connectivity index (χ2n) is 15.5. The Morgan fingerprint density at radius 1 is 0.310 bits per heavy atom. The van der Waals surface area contributed by atoms with Gasteiger partial charge in [-0.1, -0.05) is 133 Å². The van der Waals surface area contributed by atoms with Crippen molar-refractivity contribution in [1.29, 1.82) is 0 Å². The summed E-state index contributed by atoms with van der Waals surface area (Å²) < 4.78 is 4.80. The van der Waals surface area contributed by atoms with E-state index in [0.29, 0.717) is 0 Å². The maximum Gasteiger partial charge on any atom is 0.0800 e. The first-order valence-corrected chi connectivity index (χ1v) is 20.0. The number of para-hydroxylation sites is 3. The summed E-state index contributed by atoms with van der Waals surface area (Å²) in [5, 5.41) is 10.0. The standard InChI is InChI=1S/C55H33N3/c1-2-14-39(15-3-1)57-50-23-9-7-20-46(50)54-41-27-24-34(30-36(41)26-29-52(54)57)35-25-28-51-47(32-35)43-18-6-8-22-49(43)58(51)40-16-10-12-37(31-40)48-33-38-13-11-21-44-42-17-4-5-19-45(42)55(56-48)53(38)44/h1-33H. The number of nitrogens with zero attached hydrogens (tertiary/aromatic N) is 3. The molecule has 0 atom stereocenters. The van der Waals surface area contributed by atoms with E-state index in [-0.39, 0.29) is 0 Å². The molecule has 0 unspecified atom stereocenters. The van der Waals surface area contributed by atoms with E-state index in [1.54, 1.807) is 0 Å². The Bertz CT molecular complexity index is 3680. The third kappa shape index (κ3) is 4.41. The molecule has 3 heteroatoms. The van der Waals surface area contributed by atoms with E-state index in [4.69, 9.17) is 4.98 Å². The molecular weight excluding hydrogens is 703 g/mol. The van der Waals surface area contributed by atoms with Crippen molar-refractivity contribution >= 4 is 65.2 Å². The number of hydrogen-bond acceptors (Lipinski definition) is 1. The third-order valence-electron chi connectivity index (χ3n) is 12.4. The molecule has 13 rings (SSSR count). The first kappa shape index (κ1) is 31.5. The molecular formula is C55H33N3. The summed E-state index contributed by atoms with van der Waals surface area (Å²) in [5.74, 6) is 0. The fraction of sp³-hybridized carbons (Fsp3) is 0. The highest BCUT2D eigenvalue weighted by Crippen LogP contribution is 2.47. The molecule has 3 aromatic heterocycles.